The van der Waals surface area contributed by atoms with E-state index in [9.17, 15) is 21.6 Å². The molecule has 8 nitrogen and oxygen atoms in total. The first-order chi connectivity index (χ1) is 15.6. The summed E-state index contributed by atoms with van der Waals surface area (Å²) in [5, 5.41) is 3.10. The number of hydrogen-bond acceptors (Lipinski definition) is 6. The minimum Gasteiger partial charge on any atom is -0.340 e. The summed E-state index contributed by atoms with van der Waals surface area (Å²) in [6.07, 6.45) is 0.304. The second-order valence-corrected chi connectivity index (χ2v) is 8.62. The molecule has 0 bridgehead atoms. The van der Waals surface area contributed by atoms with Gasteiger partial charge in [-0.25, -0.2) is 23.4 Å². The van der Waals surface area contributed by atoms with Crippen molar-refractivity contribution < 1.29 is 21.6 Å². The number of sulfonamides is 1. The maximum Gasteiger partial charge on any atom is 0.416 e. The molecule has 4 rings (SSSR count). The predicted molar refractivity (Wildman–Crippen MR) is 116 cm³/mol. The second-order valence-electron chi connectivity index (χ2n) is 6.94. The minimum atomic E-state index is -4.54. The summed E-state index contributed by atoms with van der Waals surface area (Å²) in [4.78, 5) is 12.3. The molecule has 0 amide bonds. The molecule has 12 heteroatoms. The third-order valence-electron chi connectivity index (χ3n) is 4.63. The Morgan fingerprint density at radius 1 is 0.909 bits per heavy atom. The van der Waals surface area contributed by atoms with Crippen LogP contribution in [0.5, 0.6) is 0 Å². The highest BCUT2D eigenvalue weighted by molar-refractivity contribution is 7.92. The van der Waals surface area contributed by atoms with Crippen LogP contribution in [0.2, 0.25) is 0 Å². The standard InChI is InChI=1S/C21H17F3N6O2S/c1-14-25-10-11-30(14)20-12-19(26-13-27-20)28-16-4-6-17(7-5-16)29-33(31,32)18-8-2-15(3-9-18)21(22,23)24/h2-13,29H,1H3,(H,26,27,28). The zero-order chi connectivity index (χ0) is 23.6. The summed E-state index contributed by atoms with van der Waals surface area (Å²) in [6.45, 7) is 1.85. The average Bonchev–Trinajstić information content (AvgIpc) is 3.20. The van der Waals surface area contributed by atoms with Crippen LogP contribution in [0.1, 0.15) is 11.4 Å². The van der Waals surface area contributed by atoms with Gasteiger partial charge < -0.3 is 5.32 Å². The van der Waals surface area contributed by atoms with E-state index in [1.807, 2.05) is 6.92 Å². The molecule has 2 N–H and O–H groups in total. The number of anilines is 3. The minimum absolute atomic E-state index is 0.248. The molecule has 2 aromatic carbocycles. The monoisotopic (exact) mass is 474 g/mol. The van der Waals surface area contributed by atoms with Crippen molar-refractivity contribution in [3.05, 3.63) is 84.7 Å². The summed E-state index contributed by atoms with van der Waals surface area (Å²) in [5.41, 5.74) is -0.0368. The van der Waals surface area contributed by atoms with Crippen LogP contribution in [0.3, 0.4) is 0 Å². The molecule has 2 aromatic heterocycles. The smallest absolute Gasteiger partial charge is 0.340 e. The van der Waals surface area contributed by atoms with Gasteiger partial charge in [0, 0.05) is 29.8 Å². The summed E-state index contributed by atoms with van der Waals surface area (Å²) >= 11 is 0. The molecule has 0 saturated heterocycles. The van der Waals surface area contributed by atoms with E-state index in [1.165, 1.54) is 18.5 Å². The lowest BCUT2D eigenvalue weighted by atomic mass is 10.2. The Kier molecular flexibility index (Phi) is 5.77. The van der Waals surface area contributed by atoms with Gasteiger partial charge in [0.25, 0.3) is 10.0 Å². The highest BCUT2D eigenvalue weighted by atomic mass is 32.2. The van der Waals surface area contributed by atoms with Gasteiger partial charge in [0.2, 0.25) is 0 Å². The number of aryl methyl sites for hydroxylation is 1. The molecule has 0 unspecified atom stereocenters. The lowest BCUT2D eigenvalue weighted by Gasteiger charge is -2.11. The number of alkyl halides is 3. The Morgan fingerprint density at radius 3 is 2.18 bits per heavy atom. The van der Waals surface area contributed by atoms with Crippen molar-refractivity contribution in [1.82, 2.24) is 19.5 Å². The lowest BCUT2D eigenvalue weighted by molar-refractivity contribution is -0.137. The fraction of sp³-hybridized carbons (Fsp3) is 0.0952. The van der Waals surface area contributed by atoms with Crippen molar-refractivity contribution in [2.75, 3.05) is 10.0 Å². The zero-order valence-electron chi connectivity index (χ0n) is 17.1. The van der Waals surface area contributed by atoms with E-state index >= 15 is 0 Å². The van der Waals surface area contributed by atoms with Crippen molar-refractivity contribution in [1.29, 1.82) is 0 Å². The number of aromatic nitrogens is 4. The quantitative estimate of drug-likeness (QED) is 0.426. The number of rotatable bonds is 6. The molecule has 0 fully saturated rings. The van der Waals surface area contributed by atoms with Gasteiger partial charge in [-0.05, 0) is 55.5 Å². The number of imidazole rings is 1. The highest BCUT2D eigenvalue weighted by Crippen LogP contribution is 2.30. The lowest BCUT2D eigenvalue weighted by Crippen LogP contribution is -2.13. The van der Waals surface area contributed by atoms with E-state index in [0.717, 1.165) is 30.1 Å². The molecule has 0 saturated carbocycles. The van der Waals surface area contributed by atoms with Crippen LogP contribution in [0.25, 0.3) is 5.82 Å². The summed E-state index contributed by atoms with van der Waals surface area (Å²) < 4.78 is 67.2. The first-order valence-corrected chi connectivity index (χ1v) is 11.0. The van der Waals surface area contributed by atoms with E-state index in [0.29, 0.717) is 17.3 Å². The molecule has 0 aliphatic rings. The maximum absolute atomic E-state index is 12.7. The van der Waals surface area contributed by atoms with Crippen LogP contribution < -0.4 is 10.0 Å². The van der Waals surface area contributed by atoms with Gasteiger partial charge in [-0.1, -0.05) is 0 Å². The van der Waals surface area contributed by atoms with Gasteiger partial charge in [0.15, 0.2) is 0 Å². The Labute approximate surface area is 187 Å². The van der Waals surface area contributed by atoms with E-state index in [2.05, 4.69) is 25.0 Å². The van der Waals surface area contributed by atoms with Gasteiger partial charge in [0.05, 0.1) is 10.5 Å². The van der Waals surface area contributed by atoms with Gasteiger partial charge in [-0.3, -0.25) is 9.29 Å². The number of benzene rings is 2. The van der Waals surface area contributed by atoms with E-state index in [1.54, 1.807) is 35.2 Å². The van der Waals surface area contributed by atoms with Crippen LogP contribution in [0.15, 0.2) is 78.2 Å². The number of nitrogens with one attached hydrogen (secondary N) is 2. The topological polar surface area (TPSA) is 102 Å². The van der Waals surface area contributed by atoms with Crippen molar-refractivity contribution in [3.63, 3.8) is 0 Å². The molecule has 0 radical (unpaired) electrons. The largest absolute Gasteiger partial charge is 0.416 e. The normalized spacial score (nSPS) is 11.9. The third-order valence-corrected chi connectivity index (χ3v) is 6.02. The predicted octanol–water partition coefficient (Wildman–Crippen LogP) is 4.53. The number of nitrogens with zero attached hydrogens (tertiary/aromatic N) is 4. The molecule has 0 aliphatic carbocycles. The second kappa shape index (κ2) is 8.54. The zero-order valence-corrected chi connectivity index (χ0v) is 17.9. The van der Waals surface area contributed by atoms with Crippen LogP contribution >= 0.6 is 0 Å². The first-order valence-electron chi connectivity index (χ1n) is 9.51. The maximum atomic E-state index is 12.7. The Balaban J connectivity index is 1.46. The van der Waals surface area contributed by atoms with Crippen LogP contribution in [-0.4, -0.2) is 27.9 Å². The van der Waals surface area contributed by atoms with Crippen molar-refractivity contribution in [2.45, 2.75) is 18.0 Å². The fourth-order valence-electron chi connectivity index (χ4n) is 2.97. The van der Waals surface area contributed by atoms with Crippen LogP contribution in [-0.2, 0) is 16.2 Å². The van der Waals surface area contributed by atoms with Gasteiger partial charge >= 0.3 is 6.18 Å². The number of hydrogen-bond donors (Lipinski definition) is 2. The average molecular weight is 474 g/mol. The van der Waals surface area contributed by atoms with Crippen LogP contribution in [0, 0.1) is 6.92 Å². The van der Waals surface area contributed by atoms with Crippen molar-refractivity contribution >= 4 is 27.2 Å². The van der Waals surface area contributed by atoms with Gasteiger partial charge in [-0.2, -0.15) is 13.2 Å². The molecule has 0 atom stereocenters. The molecule has 170 valence electrons. The van der Waals surface area contributed by atoms with Gasteiger partial charge in [0.1, 0.15) is 23.8 Å². The van der Waals surface area contributed by atoms with E-state index in [-0.39, 0.29) is 10.6 Å². The molecule has 0 aliphatic heterocycles. The Morgan fingerprint density at radius 2 is 1.58 bits per heavy atom. The highest BCUT2D eigenvalue weighted by Gasteiger charge is 2.30. The summed E-state index contributed by atoms with van der Waals surface area (Å²) in [5.74, 6) is 1.92. The molecule has 2 heterocycles. The fourth-order valence-corrected chi connectivity index (χ4v) is 4.03. The SMILES string of the molecule is Cc1nccn1-c1cc(Nc2ccc(NS(=O)(=O)c3ccc(C(F)(F)F)cc3)cc2)ncn1. The molecule has 33 heavy (non-hydrogen) atoms. The number of halogens is 3. The summed E-state index contributed by atoms with van der Waals surface area (Å²) in [6, 6.07) is 11.3. The van der Waals surface area contributed by atoms with Gasteiger partial charge in [-0.15, -0.1) is 0 Å². The molecule has 4 aromatic rings. The van der Waals surface area contributed by atoms with E-state index in [4.69, 9.17) is 0 Å². The van der Waals surface area contributed by atoms with Crippen molar-refractivity contribution in [3.8, 4) is 5.82 Å². The van der Waals surface area contributed by atoms with Crippen LogP contribution in [0.4, 0.5) is 30.4 Å². The first kappa shape index (κ1) is 22.3. The Hall–Kier alpha value is -3.93. The molecular weight excluding hydrogens is 457 g/mol. The third kappa shape index (κ3) is 5.12. The van der Waals surface area contributed by atoms with E-state index < -0.39 is 21.8 Å². The molecule has 0 spiro atoms. The van der Waals surface area contributed by atoms with Crippen molar-refractivity contribution in [2.24, 2.45) is 0 Å². The Bertz CT molecular complexity index is 1370. The molecular formula is C21H17F3N6O2S. The summed E-state index contributed by atoms with van der Waals surface area (Å²) in [7, 11) is -4.05.